The minimum atomic E-state index is -0.221. The summed E-state index contributed by atoms with van der Waals surface area (Å²) < 4.78 is 15.6. The van der Waals surface area contributed by atoms with E-state index in [4.69, 9.17) is 0 Å². The Hall–Kier alpha value is 0.0700. The molecule has 2 aromatic rings. The van der Waals surface area contributed by atoms with Crippen LogP contribution in [0.15, 0.2) is 26.5 Å². The van der Waals surface area contributed by atoms with Crippen molar-refractivity contribution in [3.8, 4) is 0 Å². The van der Waals surface area contributed by atoms with Crippen LogP contribution >= 0.6 is 43.2 Å². The molecule has 1 heterocycles. The average Bonchev–Trinajstić information content (AvgIpc) is 2.35. The molecule has 0 N–H and O–H groups in total. The normalized spacial score (nSPS) is 10.9. The van der Waals surface area contributed by atoms with Gasteiger partial charge in [0.25, 0.3) is 0 Å². The molecule has 62 valence electrons. The van der Waals surface area contributed by atoms with Crippen molar-refractivity contribution >= 4 is 53.3 Å². The van der Waals surface area contributed by atoms with Crippen molar-refractivity contribution in [3.05, 3.63) is 32.3 Å². The lowest BCUT2D eigenvalue weighted by atomic mass is 10.3. The number of benzene rings is 1. The number of rotatable bonds is 0. The van der Waals surface area contributed by atoms with Crippen molar-refractivity contribution in [2.24, 2.45) is 0 Å². The topological polar surface area (TPSA) is 0 Å². The van der Waals surface area contributed by atoms with Gasteiger partial charge >= 0.3 is 0 Å². The summed E-state index contributed by atoms with van der Waals surface area (Å²) >= 11 is 8.09. The molecule has 1 aromatic heterocycles. The van der Waals surface area contributed by atoms with Gasteiger partial charge in [0, 0.05) is 19.9 Å². The molecule has 0 amide bonds. The standard InChI is InChI=1S/C8H3Br2FS/c9-5-2-8-4(1-7(5)11)6(10)3-12-8/h1-3H. The summed E-state index contributed by atoms with van der Waals surface area (Å²) in [4.78, 5) is 0. The molecule has 12 heavy (non-hydrogen) atoms. The third-order valence-corrected chi connectivity index (χ3v) is 4.08. The van der Waals surface area contributed by atoms with E-state index in [1.807, 2.05) is 5.38 Å². The van der Waals surface area contributed by atoms with Gasteiger partial charge in [-0.15, -0.1) is 11.3 Å². The van der Waals surface area contributed by atoms with Crippen LogP contribution in [0.2, 0.25) is 0 Å². The second kappa shape index (κ2) is 3.09. The first-order valence-corrected chi connectivity index (χ1v) is 5.67. The van der Waals surface area contributed by atoms with Gasteiger partial charge in [0.2, 0.25) is 0 Å². The zero-order valence-corrected chi connectivity index (χ0v) is 9.76. The van der Waals surface area contributed by atoms with E-state index in [1.54, 1.807) is 17.4 Å². The summed E-state index contributed by atoms with van der Waals surface area (Å²) in [7, 11) is 0. The van der Waals surface area contributed by atoms with E-state index in [0.29, 0.717) is 4.47 Å². The van der Waals surface area contributed by atoms with E-state index in [-0.39, 0.29) is 5.82 Å². The van der Waals surface area contributed by atoms with Crippen LogP contribution in [0.5, 0.6) is 0 Å². The first-order chi connectivity index (χ1) is 5.68. The summed E-state index contributed by atoms with van der Waals surface area (Å²) in [6, 6.07) is 3.32. The van der Waals surface area contributed by atoms with Gasteiger partial charge in [0.1, 0.15) is 5.82 Å². The molecular weight excluding hydrogens is 307 g/mol. The van der Waals surface area contributed by atoms with Crippen LogP contribution in [0, 0.1) is 5.82 Å². The SMILES string of the molecule is Fc1cc2c(Br)csc2cc1Br. The largest absolute Gasteiger partial charge is 0.206 e. The Morgan fingerprint density at radius 1 is 1.17 bits per heavy atom. The van der Waals surface area contributed by atoms with Gasteiger partial charge < -0.3 is 0 Å². The number of hydrogen-bond donors (Lipinski definition) is 0. The van der Waals surface area contributed by atoms with Crippen LogP contribution in [-0.2, 0) is 0 Å². The maximum absolute atomic E-state index is 13.0. The predicted octanol–water partition coefficient (Wildman–Crippen LogP) is 4.57. The van der Waals surface area contributed by atoms with Gasteiger partial charge in [-0.05, 0) is 44.0 Å². The molecule has 4 heteroatoms. The summed E-state index contributed by atoms with van der Waals surface area (Å²) in [5.41, 5.74) is 0. The van der Waals surface area contributed by atoms with Crippen molar-refractivity contribution in [1.82, 2.24) is 0 Å². The Morgan fingerprint density at radius 2 is 1.92 bits per heavy atom. The summed E-state index contributed by atoms with van der Waals surface area (Å²) in [5.74, 6) is -0.221. The monoisotopic (exact) mass is 308 g/mol. The zero-order valence-electron chi connectivity index (χ0n) is 5.77. The highest BCUT2D eigenvalue weighted by molar-refractivity contribution is 9.11. The van der Waals surface area contributed by atoms with Crippen LogP contribution in [0.1, 0.15) is 0 Å². The Labute approximate surface area is 89.7 Å². The lowest BCUT2D eigenvalue weighted by Crippen LogP contribution is -1.75. The molecule has 2 rings (SSSR count). The van der Waals surface area contributed by atoms with E-state index in [9.17, 15) is 4.39 Å². The maximum atomic E-state index is 13.0. The molecule has 0 nitrogen and oxygen atoms in total. The highest BCUT2D eigenvalue weighted by Crippen LogP contribution is 2.33. The fourth-order valence-corrected chi connectivity index (χ4v) is 3.07. The number of thiophene rings is 1. The molecule has 0 saturated heterocycles. The summed E-state index contributed by atoms with van der Waals surface area (Å²) in [6.07, 6.45) is 0. The fraction of sp³-hybridized carbons (Fsp3) is 0. The van der Waals surface area contributed by atoms with E-state index < -0.39 is 0 Å². The minimum absolute atomic E-state index is 0.221. The molecule has 0 aliphatic carbocycles. The Bertz CT molecular complexity index is 436. The van der Waals surface area contributed by atoms with Crippen molar-refractivity contribution in [2.45, 2.75) is 0 Å². The third kappa shape index (κ3) is 1.32. The second-order valence-corrected chi connectivity index (χ2v) is 4.97. The minimum Gasteiger partial charge on any atom is -0.206 e. The Morgan fingerprint density at radius 3 is 2.67 bits per heavy atom. The van der Waals surface area contributed by atoms with Crippen LogP contribution < -0.4 is 0 Å². The van der Waals surface area contributed by atoms with Gasteiger partial charge in [-0.25, -0.2) is 4.39 Å². The average molecular weight is 310 g/mol. The molecule has 0 aliphatic rings. The predicted molar refractivity (Wildman–Crippen MR) is 57.2 cm³/mol. The molecule has 0 spiro atoms. The van der Waals surface area contributed by atoms with Crippen molar-refractivity contribution in [2.75, 3.05) is 0 Å². The molecule has 0 bridgehead atoms. The van der Waals surface area contributed by atoms with Gasteiger partial charge in [-0.1, -0.05) is 0 Å². The van der Waals surface area contributed by atoms with E-state index in [0.717, 1.165) is 14.6 Å². The number of hydrogen-bond acceptors (Lipinski definition) is 1. The first-order valence-electron chi connectivity index (χ1n) is 3.20. The smallest absolute Gasteiger partial charge is 0.138 e. The van der Waals surface area contributed by atoms with Crippen molar-refractivity contribution in [1.29, 1.82) is 0 Å². The quantitative estimate of drug-likeness (QED) is 0.669. The van der Waals surface area contributed by atoms with Gasteiger partial charge in [0.05, 0.1) is 4.47 Å². The third-order valence-electron chi connectivity index (χ3n) is 1.57. The molecule has 0 atom stereocenters. The van der Waals surface area contributed by atoms with E-state index >= 15 is 0 Å². The van der Waals surface area contributed by atoms with Gasteiger partial charge in [-0.3, -0.25) is 0 Å². The van der Waals surface area contributed by atoms with Crippen LogP contribution in [-0.4, -0.2) is 0 Å². The Balaban J connectivity index is 2.87. The summed E-state index contributed by atoms with van der Waals surface area (Å²) in [5, 5.41) is 2.89. The first kappa shape index (κ1) is 8.66. The number of halogens is 3. The summed E-state index contributed by atoms with van der Waals surface area (Å²) in [6.45, 7) is 0. The highest BCUT2D eigenvalue weighted by Gasteiger charge is 2.05. The van der Waals surface area contributed by atoms with Crippen LogP contribution in [0.4, 0.5) is 4.39 Å². The van der Waals surface area contributed by atoms with Crippen molar-refractivity contribution < 1.29 is 4.39 Å². The second-order valence-electron chi connectivity index (χ2n) is 2.35. The molecule has 0 fully saturated rings. The zero-order chi connectivity index (χ0) is 8.72. The molecule has 0 unspecified atom stereocenters. The molecule has 0 saturated carbocycles. The lowest BCUT2D eigenvalue weighted by molar-refractivity contribution is 0.623. The molecular formula is C8H3Br2FS. The number of fused-ring (bicyclic) bond motifs is 1. The fourth-order valence-electron chi connectivity index (χ4n) is 0.991. The molecule has 0 radical (unpaired) electrons. The van der Waals surface area contributed by atoms with Gasteiger partial charge in [-0.2, -0.15) is 0 Å². The van der Waals surface area contributed by atoms with E-state index in [1.165, 1.54) is 6.07 Å². The maximum Gasteiger partial charge on any atom is 0.138 e. The Kier molecular flexibility index (Phi) is 2.23. The van der Waals surface area contributed by atoms with Crippen LogP contribution in [0.25, 0.3) is 10.1 Å². The van der Waals surface area contributed by atoms with E-state index in [2.05, 4.69) is 31.9 Å². The lowest BCUT2D eigenvalue weighted by Gasteiger charge is -1.94. The molecule has 0 aliphatic heterocycles. The highest BCUT2D eigenvalue weighted by atomic mass is 79.9. The van der Waals surface area contributed by atoms with Crippen molar-refractivity contribution in [3.63, 3.8) is 0 Å². The molecule has 1 aromatic carbocycles. The van der Waals surface area contributed by atoms with Crippen LogP contribution in [0.3, 0.4) is 0 Å². The van der Waals surface area contributed by atoms with Gasteiger partial charge in [0.15, 0.2) is 0 Å².